The van der Waals surface area contributed by atoms with E-state index in [1.807, 2.05) is 0 Å². The van der Waals surface area contributed by atoms with Crippen LogP contribution in [-0.2, 0) is 0 Å². The van der Waals surface area contributed by atoms with Gasteiger partial charge in [0.15, 0.2) is 0 Å². The first kappa shape index (κ1) is 13.0. The highest BCUT2D eigenvalue weighted by molar-refractivity contribution is 6.11. The van der Waals surface area contributed by atoms with Crippen molar-refractivity contribution in [1.29, 1.82) is 0 Å². The van der Waals surface area contributed by atoms with Crippen molar-refractivity contribution in [2.75, 3.05) is 0 Å². The summed E-state index contributed by atoms with van der Waals surface area (Å²) in [5.41, 5.74) is 5.84. The summed E-state index contributed by atoms with van der Waals surface area (Å²) in [7, 11) is 0. The molecule has 1 heteroatoms. The van der Waals surface area contributed by atoms with Gasteiger partial charge in [-0.15, -0.1) is 0 Å². The molecular weight excluding hydrogens is 266 g/mol. The maximum Gasteiger partial charge on any atom is 0.0790 e. The van der Waals surface area contributed by atoms with Gasteiger partial charge in [-0.2, -0.15) is 0 Å². The Morgan fingerprint density at radius 1 is 0.682 bits per heavy atom. The minimum atomic E-state index is 1.05. The van der Waals surface area contributed by atoms with Gasteiger partial charge in [0.2, 0.25) is 0 Å². The number of aromatic nitrogens is 1. The Balaban J connectivity index is 2.18. The Labute approximate surface area is 130 Å². The molecule has 0 atom stereocenters. The molecule has 0 saturated carbocycles. The number of hydrogen-bond acceptors (Lipinski definition) is 1. The number of hydrogen-bond donors (Lipinski definition) is 0. The molecule has 1 nitrogen and oxygen atoms in total. The van der Waals surface area contributed by atoms with Crippen LogP contribution in [0.25, 0.3) is 32.9 Å². The van der Waals surface area contributed by atoms with Crippen LogP contribution in [0.1, 0.15) is 11.1 Å². The van der Waals surface area contributed by atoms with Crippen LogP contribution in [0.3, 0.4) is 0 Å². The molecule has 0 unspecified atom stereocenters. The van der Waals surface area contributed by atoms with Crippen LogP contribution in [0.15, 0.2) is 66.7 Å². The fraction of sp³-hybridized carbons (Fsp3) is 0.0952. The molecule has 4 rings (SSSR count). The zero-order valence-electron chi connectivity index (χ0n) is 12.8. The number of benzene rings is 3. The monoisotopic (exact) mass is 283 g/mol. The van der Waals surface area contributed by atoms with Gasteiger partial charge in [-0.1, -0.05) is 66.2 Å². The van der Waals surface area contributed by atoms with Crippen molar-refractivity contribution >= 4 is 21.7 Å². The molecule has 0 aliphatic carbocycles. The molecule has 0 radical (unpaired) electrons. The third kappa shape index (κ3) is 1.98. The first-order valence-corrected chi connectivity index (χ1v) is 7.59. The summed E-state index contributed by atoms with van der Waals surface area (Å²) in [6.07, 6.45) is 0. The molecule has 0 aliphatic rings. The number of pyridine rings is 1. The van der Waals surface area contributed by atoms with E-state index in [4.69, 9.17) is 4.98 Å². The standard InChI is InChI=1S/C21H17N/c1-14-10-12-16(13-11-14)21-20-15(2)6-5-8-18(20)17-7-3-4-9-19(17)22-21/h3-13H,1-2H3. The third-order valence-corrected chi connectivity index (χ3v) is 4.26. The molecule has 1 aromatic heterocycles. The lowest BCUT2D eigenvalue weighted by atomic mass is 9.96. The van der Waals surface area contributed by atoms with E-state index in [0.717, 1.165) is 11.2 Å². The van der Waals surface area contributed by atoms with Gasteiger partial charge in [0, 0.05) is 16.3 Å². The molecule has 22 heavy (non-hydrogen) atoms. The van der Waals surface area contributed by atoms with E-state index in [1.54, 1.807) is 0 Å². The van der Waals surface area contributed by atoms with E-state index in [1.165, 1.54) is 32.8 Å². The molecule has 106 valence electrons. The molecule has 0 N–H and O–H groups in total. The van der Waals surface area contributed by atoms with Gasteiger partial charge >= 0.3 is 0 Å². The van der Waals surface area contributed by atoms with Gasteiger partial charge < -0.3 is 0 Å². The molecule has 3 aromatic carbocycles. The van der Waals surface area contributed by atoms with E-state index >= 15 is 0 Å². The van der Waals surface area contributed by atoms with Crippen molar-refractivity contribution in [2.24, 2.45) is 0 Å². The maximum absolute atomic E-state index is 4.96. The number of aryl methyl sites for hydroxylation is 2. The van der Waals surface area contributed by atoms with Crippen molar-refractivity contribution in [3.8, 4) is 11.3 Å². The number of rotatable bonds is 1. The predicted octanol–water partition coefficient (Wildman–Crippen LogP) is 5.67. The highest BCUT2D eigenvalue weighted by Gasteiger charge is 2.11. The van der Waals surface area contributed by atoms with Crippen molar-refractivity contribution < 1.29 is 0 Å². The van der Waals surface area contributed by atoms with Crippen molar-refractivity contribution in [1.82, 2.24) is 4.98 Å². The summed E-state index contributed by atoms with van der Waals surface area (Å²) in [4.78, 5) is 4.96. The first-order chi connectivity index (χ1) is 10.7. The van der Waals surface area contributed by atoms with Crippen LogP contribution >= 0.6 is 0 Å². The average Bonchev–Trinajstić information content (AvgIpc) is 2.55. The Morgan fingerprint density at radius 3 is 2.23 bits per heavy atom. The fourth-order valence-corrected chi connectivity index (χ4v) is 3.10. The van der Waals surface area contributed by atoms with Crippen LogP contribution in [0.2, 0.25) is 0 Å². The number of fused-ring (bicyclic) bond motifs is 3. The Morgan fingerprint density at radius 2 is 1.41 bits per heavy atom. The normalized spacial score (nSPS) is 11.2. The second kappa shape index (κ2) is 4.96. The van der Waals surface area contributed by atoms with Crippen LogP contribution in [0.4, 0.5) is 0 Å². The third-order valence-electron chi connectivity index (χ3n) is 4.26. The molecular formula is C21H17N. The SMILES string of the molecule is Cc1ccc(-c2nc3ccccc3c3cccc(C)c23)cc1. The number of nitrogens with zero attached hydrogens (tertiary/aromatic N) is 1. The summed E-state index contributed by atoms with van der Waals surface area (Å²) in [6, 6.07) is 23.5. The molecule has 0 aliphatic heterocycles. The Hall–Kier alpha value is -2.67. The van der Waals surface area contributed by atoms with E-state index in [0.29, 0.717) is 0 Å². The van der Waals surface area contributed by atoms with Crippen LogP contribution in [-0.4, -0.2) is 4.98 Å². The smallest absolute Gasteiger partial charge is 0.0790 e. The van der Waals surface area contributed by atoms with E-state index in [9.17, 15) is 0 Å². The van der Waals surface area contributed by atoms with E-state index in [-0.39, 0.29) is 0 Å². The zero-order chi connectivity index (χ0) is 15.1. The predicted molar refractivity (Wildman–Crippen MR) is 94.2 cm³/mol. The van der Waals surface area contributed by atoms with E-state index < -0.39 is 0 Å². The molecule has 0 fully saturated rings. The fourth-order valence-electron chi connectivity index (χ4n) is 3.10. The van der Waals surface area contributed by atoms with Crippen LogP contribution in [0.5, 0.6) is 0 Å². The topological polar surface area (TPSA) is 12.9 Å². The summed E-state index contributed by atoms with van der Waals surface area (Å²) in [5, 5.41) is 3.75. The van der Waals surface area contributed by atoms with Gasteiger partial charge in [0.25, 0.3) is 0 Å². The highest BCUT2D eigenvalue weighted by atomic mass is 14.7. The second-order valence-electron chi connectivity index (χ2n) is 5.84. The molecule has 0 amide bonds. The van der Waals surface area contributed by atoms with Crippen molar-refractivity contribution in [3.05, 3.63) is 77.9 Å². The second-order valence-corrected chi connectivity index (χ2v) is 5.84. The van der Waals surface area contributed by atoms with Gasteiger partial charge in [0.1, 0.15) is 0 Å². The first-order valence-electron chi connectivity index (χ1n) is 7.59. The minimum absolute atomic E-state index is 1.05. The summed E-state index contributed by atoms with van der Waals surface area (Å²) >= 11 is 0. The van der Waals surface area contributed by atoms with Gasteiger partial charge in [0.05, 0.1) is 11.2 Å². The lowest BCUT2D eigenvalue weighted by Gasteiger charge is -2.12. The summed E-state index contributed by atoms with van der Waals surface area (Å²) in [5.74, 6) is 0. The minimum Gasteiger partial charge on any atom is -0.247 e. The van der Waals surface area contributed by atoms with Crippen LogP contribution in [0, 0.1) is 13.8 Å². The summed E-state index contributed by atoms with van der Waals surface area (Å²) < 4.78 is 0. The van der Waals surface area contributed by atoms with Gasteiger partial charge in [-0.05, 0) is 30.9 Å². The average molecular weight is 283 g/mol. The number of para-hydroxylation sites is 1. The largest absolute Gasteiger partial charge is 0.247 e. The Kier molecular flexibility index (Phi) is 2.93. The van der Waals surface area contributed by atoms with E-state index in [2.05, 4.69) is 80.6 Å². The zero-order valence-corrected chi connectivity index (χ0v) is 12.8. The van der Waals surface area contributed by atoms with Crippen molar-refractivity contribution in [3.63, 3.8) is 0 Å². The maximum atomic E-state index is 4.96. The lowest BCUT2D eigenvalue weighted by molar-refractivity contribution is 1.39. The Bertz CT molecular complexity index is 982. The van der Waals surface area contributed by atoms with Gasteiger partial charge in [-0.3, -0.25) is 0 Å². The molecule has 0 bridgehead atoms. The lowest BCUT2D eigenvalue weighted by Crippen LogP contribution is -1.91. The molecule has 0 saturated heterocycles. The highest BCUT2D eigenvalue weighted by Crippen LogP contribution is 2.34. The molecule has 1 heterocycles. The summed E-state index contributed by atoms with van der Waals surface area (Å²) in [6.45, 7) is 4.28. The molecule has 4 aromatic rings. The quantitative estimate of drug-likeness (QED) is 0.410. The van der Waals surface area contributed by atoms with Gasteiger partial charge in [-0.25, -0.2) is 4.98 Å². The van der Waals surface area contributed by atoms with Crippen LogP contribution < -0.4 is 0 Å². The molecule has 0 spiro atoms. The van der Waals surface area contributed by atoms with Crippen molar-refractivity contribution in [2.45, 2.75) is 13.8 Å².